The second-order valence-electron chi connectivity index (χ2n) is 10.5. The number of likely N-dealkylation sites (tertiary alicyclic amines) is 1. The van der Waals surface area contributed by atoms with Crippen molar-refractivity contribution in [3.8, 4) is 0 Å². The number of rotatable bonds is 8. The van der Waals surface area contributed by atoms with Crippen molar-refractivity contribution >= 4 is 22.9 Å². The Labute approximate surface area is 214 Å². The minimum Gasteiger partial charge on any atom is -0.480 e. The molecule has 2 atom stereocenters. The fraction of sp³-hybridized carbons (Fsp3) is 0.556. The maximum atomic E-state index is 15.6. The van der Waals surface area contributed by atoms with Gasteiger partial charge in [-0.1, -0.05) is 37.9 Å². The lowest BCUT2D eigenvalue weighted by atomic mass is 9.79. The van der Waals surface area contributed by atoms with Crippen LogP contribution in [0.25, 0.3) is 11.0 Å². The van der Waals surface area contributed by atoms with Gasteiger partial charge in [0.1, 0.15) is 29.2 Å². The summed E-state index contributed by atoms with van der Waals surface area (Å²) in [6, 6.07) is 2.47. The van der Waals surface area contributed by atoms with Crippen molar-refractivity contribution in [2.75, 3.05) is 6.54 Å². The smallest absolute Gasteiger partial charge is 0.320 e. The molecule has 1 aliphatic carbocycles. The molecule has 1 amide bonds. The monoisotopic (exact) mass is 511 g/mol. The summed E-state index contributed by atoms with van der Waals surface area (Å²) in [5.41, 5.74) is 2.18. The van der Waals surface area contributed by atoms with Crippen LogP contribution in [0.2, 0.25) is 0 Å². The first-order valence-corrected chi connectivity index (χ1v) is 13.2. The Bertz CT molecular complexity index is 1280. The van der Waals surface area contributed by atoms with Crippen molar-refractivity contribution in [1.82, 2.24) is 25.3 Å². The first-order valence-electron chi connectivity index (χ1n) is 13.2. The Balaban J connectivity index is 1.44. The number of carboxylic acid groups (broad SMARTS) is 1. The van der Waals surface area contributed by atoms with E-state index >= 15 is 4.39 Å². The molecule has 0 unspecified atom stereocenters. The maximum Gasteiger partial charge on any atom is 0.320 e. The molecule has 1 aromatic carbocycles. The number of benzene rings is 1. The standard InChI is InChI=1S/C27H34FN5O4/c1-3-19-18(14-37-32-19)26(34)31-23(16-8-6-15(2)7-9-16)25-29-20-11-10-17(22(28)24(20)30-25)13-33-12-4-5-21(33)27(35)36/h10-11,14-16,21,23H,3-9,12-13H2,1-2H3,(H,29,30)(H,31,34)(H,35,36)/t15-,16-,21-,23+/m1/s1. The Kier molecular flexibility index (Phi) is 7.28. The highest BCUT2D eigenvalue weighted by atomic mass is 19.1. The largest absolute Gasteiger partial charge is 0.480 e. The van der Waals surface area contributed by atoms with Crippen LogP contribution in [0.5, 0.6) is 0 Å². The molecule has 9 nitrogen and oxygen atoms in total. The topological polar surface area (TPSA) is 124 Å². The maximum absolute atomic E-state index is 15.6. The molecule has 0 radical (unpaired) electrons. The number of imidazole rings is 1. The fourth-order valence-corrected chi connectivity index (χ4v) is 5.83. The fourth-order valence-electron chi connectivity index (χ4n) is 5.83. The summed E-state index contributed by atoms with van der Waals surface area (Å²) in [4.78, 5) is 34.5. The van der Waals surface area contributed by atoms with Crippen LogP contribution in [0.3, 0.4) is 0 Å². The number of amides is 1. The van der Waals surface area contributed by atoms with Crippen LogP contribution >= 0.6 is 0 Å². The Hall–Kier alpha value is -3.27. The third kappa shape index (κ3) is 5.12. The van der Waals surface area contributed by atoms with Gasteiger partial charge in [-0.05, 0) is 56.6 Å². The van der Waals surface area contributed by atoms with Gasteiger partial charge >= 0.3 is 5.97 Å². The van der Waals surface area contributed by atoms with E-state index < -0.39 is 23.9 Å². The summed E-state index contributed by atoms with van der Waals surface area (Å²) in [6.45, 7) is 4.99. The van der Waals surface area contributed by atoms with Crippen molar-refractivity contribution in [2.45, 2.75) is 77.4 Å². The molecular weight excluding hydrogens is 477 g/mol. The zero-order valence-electron chi connectivity index (χ0n) is 21.3. The highest BCUT2D eigenvalue weighted by molar-refractivity contribution is 5.95. The first-order chi connectivity index (χ1) is 17.9. The van der Waals surface area contributed by atoms with Crippen LogP contribution in [-0.4, -0.2) is 49.6 Å². The number of carbonyl (C=O) groups is 2. The number of hydrogen-bond acceptors (Lipinski definition) is 6. The van der Waals surface area contributed by atoms with Crippen molar-refractivity contribution in [1.29, 1.82) is 0 Å². The van der Waals surface area contributed by atoms with E-state index in [1.807, 2.05) is 6.92 Å². The lowest BCUT2D eigenvalue weighted by Gasteiger charge is -2.32. The van der Waals surface area contributed by atoms with Gasteiger partial charge in [0, 0.05) is 12.1 Å². The lowest BCUT2D eigenvalue weighted by Crippen LogP contribution is -2.36. The van der Waals surface area contributed by atoms with Crippen LogP contribution in [0, 0.1) is 17.7 Å². The van der Waals surface area contributed by atoms with Crippen molar-refractivity contribution < 1.29 is 23.6 Å². The number of nitrogens with zero attached hydrogens (tertiary/aromatic N) is 3. The molecule has 1 saturated heterocycles. The van der Waals surface area contributed by atoms with Gasteiger partial charge in [0.15, 0.2) is 5.82 Å². The molecule has 3 aromatic rings. The number of H-pyrrole nitrogens is 1. The molecule has 0 bridgehead atoms. The molecule has 2 fully saturated rings. The molecule has 3 heterocycles. The quantitative estimate of drug-likeness (QED) is 0.404. The van der Waals surface area contributed by atoms with Gasteiger partial charge in [-0.25, -0.2) is 9.37 Å². The summed E-state index contributed by atoms with van der Waals surface area (Å²) < 4.78 is 20.7. The average Bonchev–Trinajstić information content (AvgIpc) is 3.64. The van der Waals surface area contributed by atoms with E-state index in [0.717, 1.165) is 32.1 Å². The van der Waals surface area contributed by atoms with E-state index in [4.69, 9.17) is 4.52 Å². The minimum absolute atomic E-state index is 0.161. The van der Waals surface area contributed by atoms with E-state index in [9.17, 15) is 14.7 Å². The van der Waals surface area contributed by atoms with Gasteiger partial charge in [0.25, 0.3) is 5.91 Å². The molecule has 0 spiro atoms. The van der Waals surface area contributed by atoms with Crippen molar-refractivity contribution in [3.05, 3.63) is 46.9 Å². The minimum atomic E-state index is -0.875. The van der Waals surface area contributed by atoms with E-state index in [0.29, 0.717) is 53.5 Å². The van der Waals surface area contributed by atoms with E-state index in [1.54, 1.807) is 17.0 Å². The van der Waals surface area contributed by atoms with E-state index in [2.05, 4.69) is 27.4 Å². The third-order valence-corrected chi connectivity index (χ3v) is 8.05. The molecule has 1 aliphatic heterocycles. The number of aliphatic carboxylic acids is 1. The van der Waals surface area contributed by atoms with Crippen molar-refractivity contribution in [3.63, 3.8) is 0 Å². The summed E-state index contributed by atoms with van der Waals surface area (Å²) in [6.07, 6.45) is 7.28. The van der Waals surface area contributed by atoms with Gasteiger partial charge in [-0.15, -0.1) is 0 Å². The zero-order valence-corrected chi connectivity index (χ0v) is 21.3. The number of aromatic nitrogens is 3. The molecule has 2 aromatic heterocycles. The van der Waals surface area contributed by atoms with Gasteiger partial charge < -0.3 is 19.9 Å². The molecule has 1 saturated carbocycles. The number of carbonyl (C=O) groups excluding carboxylic acids is 1. The molecule has 10 heteroatoms. The average molecular weight is 512 g/mol. The normalized spacial score (nSPS) is 23.4. The van der Waals surface area contributed by atoms with Gasteiger partial charge in [-0.2, -0.15) is 0 Å². The second kappa shape index (κ2) is 10.6. The predicted octanol–water partition coefficient (Wildman–Crippen LogP) is 4.60. The summed E-state index contributed by atoms with van der Waals surface area (Å²) in [5, 5.41) is 16.5. The van der Waals surface area contributed by atoms with Gasteiger partial charge in [0.05, 0.1) is 17.3 Å². The Morgan fingerprint density at radius 2 is 2.05 bits per heavy atom. The molecule has 3 N–H and O–H groups in total. The number of aromatic amines is 1. The van der Waals surface area contributed by atoms with E-state index in [1.165, 1.54) is 6.26 Å². The molecule has 37 heavy (non-hydrogen) atoms. The molecule has 2 aliphatic rings. The second-order valence-corrected chi connectivity index (χ2v) is 10.5. The summed E-state index contributed by atoms with van der Waals surface area (Å²) in [5.74, 6) is -0.288. The predicted molar refractivity (Wildman–Crippen MR) is 134 cm³/mol. The SMILES string of the molecule is CCc1nocc1C(=O)N[C@H](c1nc2c(F)c(CN3CCC[C@@H]3C(=O)O)ccc2[nH]1)[C@H]1CC[C@H](C)CC1. The zero-order chi connectivity index (χ0) is 26.1. The van der Waals surface area contributed by atoms with Crippen LogP contribution in [-0.2, 0) is 17.8 Å². The van der Waals surface area contributed by atoms with Crippen LogP contribution in [0.4, 0.5) is 4.39 Å². The Morgan fingerprint density at radius 3 is 2.78 bits per heavy atom. The van der Waals surface area contributed by atoms with Crippen LogP contribution < -0.4 is 5.32 Å². The van der Waals surface area contributed by atoms with E-state index in [-0.39, 0.29) is 23.9 Å². The highest BCUT2D eigenvalue weighted by Crippen LogP contribution is 2.37. The number of aryl methyl sites for hydroxylation is 1. The number of halogens is 1. The number of fused-ring (bicyclic) bond motifs is 1. The highest BCUT2D eigenvalue weighted by Gasteiger charge is 2.33. The number of nitrogens with one attached hydrogen (secondary N) is 2. The number of hydrogen-bond donors (Lipinski definition) is 3. The third-order valence-electron chi connectivity index (χ3n) is 8.05. The number of carboxylic acids is 1. The van der Waals surface area contributed by atoms with Crippen LogP contribution in [0.1, 0.15) is 85.9 Å². The van der Waals surface area contributed by atoms with Gasteiger partial charge in [0.2, 0.25) is 0 Å². The van der Waals surface area contributed by atoms with Gasteiger partial charge in [-0.3, -0.25) is 14.5 Å². The van der Waals surface area contributed by atoms with Crippen molar-refractivity contribution in [2.24, 2.45) is 11.8 Å². The Morgan fingerprint density at radius 1 is 1.27 bits per heavy atom. The first kappa shape index (κ1) is 25.4. The summed E-state index contributed by atoms with van der Waals surface area (Å²) >= 11 is 0. The summed E-state index contributed by atoms with van der Waals surface area (Å²) in [7, 11) is 0. The molecule has 198 valence electrons. The van der Waals surface area contributed by atoms with Crippen LogP contribution in [0.15, 0.2) is 22.9 Å². The lowest BCUT2D eigenvalue weighted by molar-refractivity contribution is -0.142. The molecular formula is C27H34FN5O4. The molecule has 5 rings (SSSR count).